The van der Waals surface area contributed by atoms with Crippen LogP contribution in [-0.4, -0.2) is 42.8 Å². The molecule has 0 unspecified atom stereocenters. The Bertz CT molecular complexity index is 1220. The number of rotatable bonds is 13. The maximum atomic E-state index is 13.2. The van der Waals surface area contributed by atoms with E-state index in [0.29, 0.717) is 36.4 Å². The van der Waals surface area contributed by atoms with Gasteiger partial charge in [0.15, 0.2) is 0 Å². The summed E-state index contributed by atoms with van der Waals surface area (Å²) in [6.45, 7) is 3.50. The van der Waals surface area contributed by atoms with Crippen molar-refractivity contribution < 1.29 is 23.9 Å². The predicted molar refractivity (Wildman–Crippen MR) is 141 cm³/mol. The fourth-order valence-electron chi connectivity index (χ4n) is 4.26. The second-order valence-electron chi connectivity index (χ2n) is 8.93. The number of H-pyrrole nitrogens is 1. The van der Waals surface area contributed by atoms with Gasteiger partial charge in [-0.3, -0.25) is 9.59 Å². The summed E-state index contributed by atoms with van der Waals surface area (Å²) in [5.74, 6) is 0.852. The van der Waals surface area contributed by atoms with Gasteiger partial charge in [-0.2, -0.15) is 0 Å². The molecule has 0 saturated heterocycles. The molecule has 36 heavy (non-hydrogen) atoms. The fourth-order valence-corrected chi connectivity index (χ4v) is 4.26. The van der Waals surface area contributed by atoms with E-state index in [9.17, 15) is 14.4 Å². The van der Waals surface area contributed by atoms with Crippen LogP contribution in [0.25, 0.3) is 10.9 Å². The zero-order valence-corrected chi connectivity index (χ0v) is 21.4. The summed E-state index contributed by atoms with van der Waals surface area (Å²) < 4.78 is 10.7. The Labute approximate surface area is 211 Å². The predicted octanol–water partition coefficient (Wildman–Crippen LogP) is 4.70. The van der Waals surface area contributed by atoms with E-state index in [2.05, 4.69) is 15.6 Å². The number of unbranched alkanes of at least 4 members (excludes halogenated alkanes) is 2. The number of benzene rings is 2. The van der Waals surface area contributed by atoms with Crippen LogP contribution in [0.2, 0.25) is 0 Å². The maximum absolute atomic E-state index is 13.2. The molecule has 0 spiro atoms. The molecule has 192 valence electrons. The summed E-state index contributed by atoms with van der Waals surface area (Å²) >= 11 is 0. The molecule has 0 aliphatic rings. The number of aromatic nitrogens is 1. The van der Waals surface area contributed by atoms with Crippen molar-refractivity contribution >= 4 is 34.2 Å². The lowest BCUT2D eigenvalue weighted by Gasteiger charge is -2.19. The Morgan fingerprint density at radius 2 is 1.78 bits per heavy atom. The van der Waals surface area contributed by atoms with Crippen molar-refractivity contribution in [3.05, 3.63) is 53.7 Å². The van der Waals surface area contributed by atoms with Crippen molar-refractivity contribution in [2.24, 2.45) is 0 Å². The molecule has 8 heteroatoms. The number of amides is 2. The van der Waals surface area contributed by atoms with Gasteiger partial charge in [0.1, 0.15) is 23.3 Å². The second kappa shape index (κ2) is 12.8. The molecule has 3 aromatic rings. The number of aromatic amines is 1. The summed E-state index contributed by atoms with van der Waals surface area (Å²) in [7, 11) is 3.15. The molecule has 3 rings (SSSR count). The zero-order chi connectivity index (χ0) is 26.1. The normalized spacial score (nSPS) is 11.7. The second-order valence-corrected chi connectivity index (χ2v) is 8.93. The third-order valence-corrected chi connectivity index (χ3v) is 6.20. The SMILES string of the molecule is COc1ccc2[nH]c(C)c(CC(=O)N[C@@H](CCCCCC(C)=O)C(=O)Nc3ccccc3OC)c2c1. The van der Waals surface area contributed by atoms with Crippen molar-refractivity contribution in [2.75, 3.05) is 19.5 Å². The van der Waals surface area contributed by atoms with Crippen LogP contribution in [0, 0.1) is 6.92 Å². The maximum Gasteiger partial charge on any atom is 0.247 e. The van der Waals surface area contributed by atoms with E-state index < -0.39 is 6.04 Å². The average Bonchev–Trinajstić information content (AvgIpc) is 3.17. The molecule has 0 aliphatic carbocycles. The van der Waals surface area contributed by atoms with Crippen molar-refractivity contribution in [3.63, 3.8) is 0 Å². The van der Waals surface area contributed by atoms with Crippen molar-refractivity contribution in [3.8, 4) is 11.5 Å². The highest BCUT2D eigenvalue weighted by molar-refractivity contribution is 5.99. The van der Waals surface area contributed by atoms with Crippen LogP contribution in [0.3, 0.4) is 0 Å². The number of aryl methyl sites for hydroxylation is 1. The van der Waals surface area contributed by atoms with Crippen molar-refractivity contribution in [2.45, 2.75) is 58.4 Å². The summed E-state index contributed by atoms with van der Waals surface area (Å²) in [4.78, 5) is 40.9. The van der Waals surface area contributed by atoms with Gasteiger partial charge in [-0.25, -0.2) is 0 Å². The van der Waals surface area contributed by atoms with E-state index >= 15 is 0 Å². The zero-order valence-electron chi connectivity index (χ0n) is 21.4. The van der Waals surface area contributed by atoms with Gasteiger partial charge in [0, 0.05) is 23.0 Å². The van der Waals surface area contributed by atoms with Gasteiger partial charge >= 0.3 is 0 Å². The summed E-state index contributed by atoms with van der Waals surface area (Å²) in [5, 5.41) is 6.73. The summed E-state index contributed by atoms with van der Waals surface area (Å²) in [6.07, 6.45) is 3.39. The molecule has 1 atom stereocenters. The number of ketones is 1. The lowest BCUT2D eigenvalue weighted by atomic mass is 10.0. The van der Waals surface area contributed by atoms with E-state index in [0.717, 1.165) is 35.0 Å². The molecular weight excluding hydrogens is 458 g/mol. The highest BCUT2D eigenvalue weighted by Crippen LogP contribution is 2.27. The first-order valence-electron chi connectivity index (χ1n) is 12.2. The smallest absolute Gasteiger partial charge is 0.247 e. The molecule has 0 aliphatic heterocycles. The number of ether oxygens (including phenoxy) is 2. The lowest BCUT2D eigenvalue weighted by Crippen LogP contribution is -2.44. The number of hydrogen-bond acceptors (Lipinski definition) is 5. The molecule has 2 aromatic carbocycles. The standard InChI is InChI=1S/C28H35N3O5/c1-18(32)10-6-5-7-12-25(28(34)31-24-11-8-9-13-26(24)36-4)30-27(33)17-21-19(2)29-23-15-14-20(35-3)16-22(21)23/h8-9,11,13-16,25,29H,5-7,10,12,17H2,1-4H3,(H,30,33)(H,31,34)/t25-/m0/s1. The Kier molecular flexibility index (Phi) is 9.50. The van der Waals surface area contributed by atoms with E-state index in [4.69, 9.17) is 9.47 Å². The van der Waals surface area contributed by atoms with Gasteiger partial charge in [-0.1, -0.05) is 25.0 Å². The van der Waals surface area contributed by atoms with E-state index in [1.165, 1.54) is 7.11 Å². The minimum absolute atomic E-state index is 0.127. The van der Waals surface area contributed by atoms with Crippen LogP contribution < -0.4 is 20.1 Å². The minimum Gasteiger partial charge on any atom is -0.497 e. The van der Waals surface area contributed by atoms with Gasteiger partial charge < -0.3 is 29.9 Å². The minimum atomic E-state index is -0.722. The van der Waals surface area contributed by atoms with Crippen molar-refractivity contribution in [1.82, 2.24) is 10.3 Å². The number of methoxy groups -OCH3 is 2. The Morgan fingerprint density at radius 1 is 1.00 bits per heavy atom. The van der Waals surface area contributed by atoms with Crippen LogP contribution in [0.1, 0.15) is 50.3 Å². The molecule has 0 fully saturated rings. The van der Waals surface area contributed by atoms with Crippen LogP contribution in [0.4, 0.5) is 5.69 Å². The molecule has 0 bridgehead atoms. The molecular formula is C28H35N3O5. The summed E-state index contributed by atoms with van der Waals surface area (Å²) in [5.41, 5.74) is 3.23. The van der Waals surface area contributed by atoms with E-state index in [1.807, 2.05) is 37.3 Å². The van der Waals surface area contributed by atoms with E-state index in [1.54, 1.807) is 26.2 Å². The number of fused-ring (bicyclic) bond motifs is 1. The number of anilines is 1. The molecule has 0 saturated carbocycles. The molecule has 1 aromatic heterocycles. The van der Waals surface area contributed by atoms with Gasteiger partial charge in [0.25, 0.3) is 0 Å². The van der Waals surface area contributed by atoms with Gasteiger partial charge in [0.05, 0.1) is 26.3 Å². The van der Waals surface area contributed by atoms with Crippen molar-refractivity contribution in [1.29, 1.82) is 0 Å². The van der Waals surface area contributed by atoms with Gasteiger partial charge in [-0.15, -0.1) is 0 Å². The number of hydrogen-bond donors (Lipinski definition) is 3. The number of carbonyl (C=O) groups excluding carboxylic acids is 3. The highest BCUT2D eigenvalue weighted by Gasteiger charge is 2.23. The Morgan fingerprint density at radius 3 is 2.50 bits per heavy atom. The highest BCUT2D eigenvalue weighted by atomic mass is 16.5. The first kappa shape index (κ1) is 26.8. The van der Waals surface area contributed by atoms with Crippen LogP contribution >= 0.6 is 0 Å². The van der Waals surface area contributed by atoms with Crippen LogP contribution in [0.15, 0.2) is 42.5 Å². The van der Waals surface area contributed by atoms with Gasteiger partial charge in [0.2, 0.25) is 11.8 Å². The number of carbonyl (C=O) groups is 3. The Balaban J connectivity index is 1.73. The monoisotopic (exact) mass is 493 g/mol. The largest absolute Gasteiger partial charge is 0.497 e. The molecule has 2 amide bonds. The number of Topliss-reactive ketones (excluding diaryl/α,β-unsaturated/α-hetero) is 1. The lowest BCUT2D eigenvalue weighted by molar-refractivity contribution is -0.126. The van der Waals surface area contributed by atoms with Gasteiger partial charge in [-0.05, 0) is 62.6 Å². The summed E-state index contributed by atoms with van der Waals surface area (Å²) in [6, 6.07) is 12.1. The third-order valence-electron chi connectivity index (χ3n) is 6.20. The first-order valence-corrected chi connectivity index (χ1v) is 12.2. The van der Waals surface area contributed by atoms with Crippen LogP contribution in [-0.2, 0) is 20.8 Å². The third kappa shape index (κ3) is 7.10. The molecule has 8 nitrogen and oxygen atoms in total. The average molecular weight is 494 g/mol. The van der Waals surface area contributed by atoms with E-state index in [-0.39, 0.29) is 24.0 Å². The molecule has 1 heterocycles. The quantitative estimate of drug-likeness (QED) is 0.299. The Hall–Kier alpha value is -3.81. The topological polar surface area (TPSA) is 110 Å². The molecule has 3 N–H and O–H groups in total. The molecule has 0 radical (unpaired) electrons. The fraction of sp³-hybridized carbons (Fsp3) is 0.393. The number of nitrogens with one attached hydrogen (secondary N) is 3. The van der Waals surface area contributed by atoms with Crippen LogP contribution in [0.5, 0.6) is 11.5 Å². The number of para-hydroxylation sites is 2. The first-order chi connectivity index (χ1) is 17.3.